The predicted octanol–water partition coefficient (Wildman–Crippen LogP) is 4.64. The van der Waals surface area contributed by atoms with Crippen LogP contribution in [0, 0.1) is 11.8 Å². The molecule has 0 bridgehead atoms. The molecule has 2 rings (SSSR count). The van der Waals surface area contributed by atoms with Crippen LogP contribution >= 0.6 is 11.6 Å². The maximum absolute atomic E-state index is 11.1. The van der Waals surface area contributed by atoms with Crippen molar-refractivity contribution in [2.24, 2.45) is 11.8 Å². The fourth-order valence-electron chi connectivity index (χ4n) is 3.58. The van der Waals surface area contributed by atoms with Crippen molar-refractivity contribution in [3.05, 3.63) is 28.3 Å². The first-order valence-corrected chi connectivity index (χ1v) is 8.33. The van der Waals surface area contributed by atoms with Crippen LogP contribution in [-0.2, 0) is 12.8 Å². The van der Waals surface area contributed by atoms with E-state index < -0.39 is 5.60 Å². The Balaban J connectivity index is 2.28. The molecule has 1 aromatic carbocycles. The van der Waals surface area contributed by atoms with Crippen LogP contribution in [0.4, 0.5) is 0 Å². The molecule has 0 spiro atoms. The summed E-state index contributed by atoms with van der Waals surface area (Å²) in [4.78, 5) is 0. The standard InChI is InChI=1S/C18H27ClO2/c1-12(2)9-18(20,10-13(3)4)11-15-8-16(19)7-14-5-6-21-17(14)15/h7-8,12-13,20H,5-6,9-11H2,1-4H3. The molecule has 1 aliphatic heterocycles. The van der Waals surface area contributed by atoms with Gasteiger partial charge in [-0.25, -0.2) is 0 Å². The van der Waals surface area contributed by atoms with Crippen LogP contribution in [0.2, 0.25) is 5.02 Å². The van der Waals surface area contributed by atoms with Crippen molar-refractivity contribution < 1.29 is 9.84 Å². The largest absolute Gasteiger partial charge is 0.493 e. The van der Waals surface area contributed by atoms with Crippen molar-refractivity contribution in [3.63, 3.8) is 0 Å². The first kappa shape index (κ1) is 16.6. The quantitative estimate of drug-likeness (QED) is 0.829. The summed E-state index contributed by atoms with van der Waals surface area (Å²) in [5.41, 5.74) is 1.54. The Morgan fingerprint density at radius 1 is 1.19 bits per heavy atom. The van der Waals surface area contributed by atoms with E-state index in [0.717, 1.165) is 42.2 Å². The van der Waals surface area contributed by atoms with Crippen LogP contribution in [0.5, 0.6) is 5.75 Å². The number of ether oxygens (including phenoxy) is 1. The third-order valence-corrected chi connectivity index (χ3v) is 4.14. The van der Waals surface area contributed by atoms with E-state index >= 15 is 0 Å². The van der Waals surface area contributed by atoms with Crippen molar-refractivity contribution in [2.45, 2.75) is 59.0 Å². The van der Waals surface area contributed by atoms with Gasteiger partial charge in [-0.2, -0.15) is 0 Å². The Morgan fingerprint density at radius 3 is 2.38 bits per heavy atom. The number of halogens is 1. The van der Waals surface area contributed by atoms with E-state index in [0.29, 0.717) is 18.3 Å². The van der Waals surface area contributed by atoms with E-state index in [9.17, 15) is 5.11 Å². The molecule has 3 heteroatoms. The van der Waals surface area contributed by atoms with Crippen molar-refractivity contribution in [2.75, 3.05) is 6.61 Å². The summed E-state index contributed by atoms with van der Waals surface area (Å²) < 4.78 is 5.77. The van der Waals surface area contributed by atoms with Gasteiger partial charge in [0.2, 0.25) is 0 Å². The van der Waals surface area contributed by atoms with E-state index in [1.165, 1.54) is 5.56 Å². The van der Waals surface area contributed by atoms with Crippen molar-refractivity contribution in [1.82, 2.24) is 0 Å². The zero-order chi connectivity index (χ0) is 15.6. The summed E-state index contributed by atoms with van der Waals surface area (Å²) in [5.74, 6) is 1.87. The highest BCUT2D eigenvalue weighted by Crippen LogP contribution is 2.37. The number of fused-ring (bicyclic) bond motifs is 1. The minimum atomic E-state index is -0.688. The predicted molar refractivity (Wildman–Crippen MR) is 88.2 cm³/mol. The molecular weight excluding hydrogens is 284 g/mol. The molecule has 0 aliphatic carbocycles. The average molecular weight is 311 g/mol. The van der Waals surface area contributed by atoms with Gasteiger partial charge >= 0.3 is 0 Å². The molecule has 0 amide bonds. The van der Waals surface area contributed by atoms with Crippen LogP contribution in [0.25, 0.3) is 0 Å². The molecule has 0 fully saturated rings. The molecule has 1 heterocycles. The maximum Gasteiger partial charge on any atom is 0.126 e. The fourth-order valence-corrected chi connectivity index (χ4v) is 3.84. The van der Waals surface area contributed by atoms with Gasteiger partial charge in [0, 0.05) is 17.9 Å². The summed E-state index contributed by atoms with van der Waals surface area (Å²) in [5, 5.41) is 11.9. The SMILES string of the molecule is CC(C)CC(O)(Cc1cc(Cl)cc2c1OCC2)CC(C)C. The van der Waals surface area contributed by atoms with E-state index in [1.54, 1.807) is 0 Å². The summed E-state index contributed by atoms with van der Waals surface area (Å²) >= 11 is 6.23. The number of hydrogen-bond acceptors (Lipinski definition) is 2. The third-order valence-electron chi connectivity index (χ3n) is 3.92. The zero-order valence-corrected chi connectivity index (χ0v) is 14.3. The van der Waals surface area contributed by atoms with Crippen LogP contribution in [-0.4, -0.2) is 17.3 Å². The normalized spacial score (nSPS) is 14.7. The summed E-state index contributed by atoms with van der Waals surface area (Å²) in [6, 6.07) is 3.94. The Labute approximate surface area is 133 Å². The molecule has 1 aliphatic rings. The van der Waals surface area contributed by atoms with Gasteiger partial charge in [-0.3, -0.25) is 0 Å². The highest BCUT2D eigenvalue weighted by atomic mass is 35.5. The minimum absolute atomic E-state index is 0.460. The lowest BCUT2D eigenvalue weighted by atomic mass is 9.80. The van der Waals surface area contributed by atoms with Crippen LogP contribution in [0.3, 0.4) is 0 Å². The van der Waals surface area contributed by atoms with Crippen LogP contribution in [0.15, 0.2) is 12.1 Å². The van der Waals surface area contributed by atoms with Gasteiger partial charge in [0.15, 0.2) is 0 Å². The van der Waals surface area contributed by atoms with Crippen molar-refractivity contribution in [1.29, 1.82) is 0 Å². The Morgan fingerprint density at radius 2 is 1.81 bits per heavy atom. The second-order valence-electron chi connectivity index (χ2n) is 7.25. The molecule has 0 saturated heterocycles. The molecule has 21 heavy (non-hydrogen) atoms. The molecule has 1 N–H and O–H groups in total. The lowest BCUT2D eigenvalue weighted by Crippen LogP contribution is -2.35. The molecule has 0 atom stereocenters. The molecule has 2 nitrogen and oxygen atoms in total. The Kier molecular flexibility index (Phi) is 5.21. The van der Waals surface area contributed by atoms with Gasteiger partial charge in [0.25, 0.3) is 0 Å². The minimum Gasteiger partial charge on any atom is -0.493 e. The van der Waals surface area contributed by atoms with Gasteiger partial charge in [-0.15, -0.1) is 0 Å². The zero-order valence-electron chi connectivity index (χ0n) is 13.6. The first-order valence-electron chi connectivity index (χ1n) is 7.95. The molecular formula is C18H27ClO2. The van der Waals surface area contributed by atoms with Crippen LogP contribution < -0.4 is 4.74 Å². The molecule has 0 radical (unpaired) electrons. The Hall–Kier alpha value is -0.730. The second kappa shape index (κ2) is 6.58. The third kappa shape index (κ3) is 4.37. The summed E-state index contributed by atoms with van der Waals surface area (Å²) in [6.45, 7) is 9.35. The lowest BCUT2D eigenvalue weighted by Gasteiger charge is -2.32. The lowest BCUT2D eigenvalue weighted by molar-refractivity contribution is 0.000302. The highest BCUT2D eigenvalue weighted by molar-refractivity contribution is 6.30. The van der Waals surface area contributed by atoms with E-state index in [4.69, 9.17) is 16.3 Å². The number of benzene rings is 1. The van der Waals surface area contributed by atoms with Gasteiger partial charge in [-0.1, -0.05) is 39.3 Å². The average Bonchev–Trinajstić information content (AvgIpc) is 2.73. The molecule has 0 saturated carbocycles. The number of hydrogen-bond donors (Lipinski definition) is 1. The van der Waals surface area contributed by atoms with Crippen LogP contribution in [0.1, 0.15) is 51.7 Å². The molecule has 0 aromatic heterocycles. The number of aliphatic hydroxyl groups is 1. The first-order chi connectivity index (χ1) is 9.79. The topological polar surface area (TPSA) is 29.5 Å². The smallest absolute Gasteiger partial charge is 0.126 e. The fraction of sp³-hybridized carbons (Fsp3) is 0.667. The molecule has 1 aromatic rings. The van der Waals surface area contributed by atoms with E-state index in [2.05, 4.69) is 27.7 Å². The monoisotopic (exact) mass is 310 g/mol. The molecule has 0 unspecified atom stereocenters. The van der Waals surface area contributed by atoms with Crippen molar-refractivity contribution >= 4 is 11.6 Å². The highest BCUT2D eigenvalue weighted by Gasteiger charge is 2.31. The molecule has 118 valence electrons. The van der Waals surface area contributed by atoms with E-state index in [-0.39, 0.29) is 0 Å². The van der Waals surface area contributed by atoms with Gasteiger partial charge in [0.1, 0.15) is 5.75 Å². The van der Waals surface area contributed by atoms with Crippen molar-refractivity contribution in [3.8, 4) is 5.75 Å². The summed E-state index contributed by atoms with van der Waals surface area (Å²) in [6.07, 6.45) is 3.13. The second-order valence-corrected chi connectivity index (χ2v) is 7.69. The van der Waals surface area contributed by atoms with Gasteiger partial charge < -0.3 is 9.84 Å². The van der Waals surface area contributed by atoms with Gasteiger partial charge in [0.05, 0.1) is 12.2 Å². The summed E-state index contributed by atoms with van der Waals surface area (Å²) in [7, 11) is 0. The maximum atomic E-state index is 11.1. The Bertz CT molecular complexity index is 484. The van der Waals surface area contributed by atoms with E-state index in [1.807, 2.05) is 12.1 Å². The number of rotatable bonds is 6. The van der Waals surface area contributed by atoms with Gasteiger partial charge in [-0.05, 0) is 47.9 Å².